The minimum atomic E-state index is 0.281. The predicted molar refractivity (Wildman–Crippen MR) is 114 cm³/mol. The molecule has 2 saturated heterocycles. The van der Waals surface area contributed by atoms with Crippen LogP contribution in [-0.4, -0.2) is 76.5 Å². The van der Waals surface area contributed by atoms with E-state index in [2.05, 4.69) is 26.7 Å². The van der Waals surface area contributed by atoms with Crippen LogP contribution in [0.4, 0.5) is 5.82 Å². The lowest BCUT2D eigenvalue weighted by Gasteiger charge is -2.25. The first kappa shape index (κ1) is 19.8. The average Bonchev–Trinajstić information content (AvgIpc) is 3.19. The van der Waals surface area contributed by atoms with E-state index in [1.165, 1.54) is 0 Å². The number of hydrogen-bond acceptors (Lipinski definition) is 6. The van der Waals surface area contributed by atoms with Crippen LogP contribution in [0.1, 0.15) is 30.5 Å². The van der Waals surface area contributed by atoms with Gasteiger partial charge in [0.15, 0.2) is 5.82 Å². The normalized spacial score (nSPS) is 18.1. The Kier molecular flexibility index (Phi) is 6.04. The summed E-state index contributed by atoms with van der Waals surface area (Å²) in [5.74, 6) is 2.01. The van der Waals surface area contributed by atoms with Gasteiger partial charge in [-0.1, -0.05) is 0 Å². The molecule has 0 unspecified atom stereocenters. The largest absolute Gasteiger partial charge is 0.355 e. The highest BCUT2D eigenvalue weighted by molar-refractivity contribution is 5.78. The van der Waals surface area contributed by atoms with Crippen molar-refractivity contribution < 1.29 is 4.79 Å². The van der Waals surface area contributed by atoms with Gasteiger partial charge in [-0.2, -0.15) is 0 Å². The van der Waals surface area contributed by atoms with E-state index in [9.17, 15) is 4.79 Å². The van der Waals surface area contributed by atoms with E-state index >= 15 is 0 Å². The number of rotatable bonds is 4. The highest BCUT2D eigenvalue weighted by atomic mass is 16.2. The van der Waals surface area contributed by atoms with Gasteiger partial charge in [-0.25, -0.2) is 9.97 Å². The number of likely N-dealkylation sites (tertiary alicyclic amines) is 1. The summed E-state index contributed by atoms with van der Waals surface area (Å²) in [6.07, 6.45) is 6.88. The maximum Gasteiger partial charge on any atom is 0.236 e. The van der Waals surface area contributed by atoms with Gasteiger partial charge in [0.2, 0.25) is 5.91 Å². The third-order valence-corrected chi connectivity index (χ3v) is 5.99. The molecule has 2 fully saturated rings. The molecule has 154 valence electrons. The van der Waals surface area contributed by atoms with Gasteiger partial charge >= 0.3 is 0 Å². The van der Waals surface area contributed by atoms with Crippen molar-refractivity contribution in [3.63, 3.8) is 0 Å². The molecule has 7 nitrogen and oxygen atoms in total. The molecule has 0 saturated carbocycles. The van der Waals surface area contributed by atoms with Crippen LogP contribution in [0.2, 0.25) is 0 Å². The zero-order valence-corrected chi connectivity index (χ0v) is 17.5. The van der Waals surface area contributed by atoms with Gasteiger partial charge in [0, 0.05) is 68.5 Å². The Bertz CT molecular complexity index is 850. The fraction of sp³-hybridized carbons (Fsp3) is 0.545. The fourth-order valence-electron chi connectivity index (χ4n) is 4.14. The van der Waals surface area contributed by atoms with Gasteiger partial charge in [0.1, 0.15) is 5.82 Å². The zero-order valence-electron chi connectivity index (χ0n) is 17.5. The summed E-state index contributed by atoms with van der Waals surface area (Å²) in [5, 5.41) is 0. The number of anilines is 1. The molecule has 0 aliphatic carbocycles. The van der Waals surface area contributed by atoms with E-state index in [1.807, 2.05) is 30.2 Å². The van der Waals surface area contributed by atoms with Crippen LogP contribution >= 0.6 is 0 Å². The van der Waals surface area contributed by atoms with Crippen LogP contribution in [0.15, 0.2) is 24.5 Å². The summed E-state index contributed by atoms with van der Waals surface area (Å²) in [6.45, 7) is 10.2. The lowest BCUT2D eigenvalue weighted by Crippen LogP contribution is -2.40. The molecule has 2 aliphatic rings. The number of hydrogen-bond donors (Lipinski definition) is 0. The number of aryl methyl sites for hydroxylation is 1. The Hall–Kier alpha value is -2.54. The molecule has 4 heterocycles. The number of aromatic nitrogens is 3. The molecule has 0 atom stereocenters. The first-order chi connectivity index (χ1) is 14.1. The lowest BCUT2D eigenvalue weighted by molar-refractivity contribution is -0.131. The molecular formula is C22H30N6O. The fourth-order valence-corrected chi connectivity index (χ4v) is 4.14. The Morgan fingerprint density at radius 2 is 1.83 bits per heavy atom. The maximum absolute atomic E-state index is 12.5. The first-order valence-electron chi connectivity index (χ1n) is 10.6. The third-order valence-electron chi connectivity index (χ3n) is 5.99. The van der Waals surface area contributed by atoms with Gasteiger partial charge in [0.05, 0.1) is 6.54 Å². The van der Waals surface area contributed by atoms with Crippen molar-refractivity contribution in [2.45, 2.75) is 33.1 Å². The summed E-state index contributed by atoms with van der Waals surface area (Å²) < 4.78 is 0. The van der Waals surface area contributed by atoms with Crippen LogP contribution in [0.25, 0.3) is 11.4 Å². The monoisotopic (exact) mass is 394 g/mol. The Morgan fingerprint density at radius 3 is 2.59 bits per heavy atom. The second-order valence-electron chi connectivity index (χ2n) is 8.03. The maximum atomic E-state index is 12.5. The molecule has 4 rings (SSSR count). The van der Waals surface area contributed by atoms with Crippen LogP contribution in [-0.2, 0) is 4.79 Å². The third kappa shape index (κ3) is 4.56. The summed E-state index contributed by atoms with van der Waals surface area (Å²) in [4.78, 5) is 33.0. The molecule has 1 amide bonds. The molecule has 7 heteroatoms. The minimum absolute atomic E-state index is 0.281. The minimum Gasteiger partial charge on any atom is -0.355 e. The molecule has 29 heavy (non-hydrogen) atoms. The number of carbonyl (C=O) groups is 1. The van der Waals surface area contributed by atoms with E-state index in [4.69, 9.17) is 4.98 Å². The van der Waals surface area contributed by atoms with Gasteiger partial charge in [-0.15, -0.1) is 0 Å². The van der Waals surface area contributed by atoms with E-state index < -0.39 is 0 Å². The molecule has 0 aromatic carbocycles. The smallest absolute Gasteiger partial charge is 0.236 e. The summed E-state index contributed by atoms with van der Waals surface area (Å²) >= 11 is 0. The van der Waals surface area contributed by atoms with Gasteiger partial charge < -0.3 is 9.80 Å². The zero-order chi connectivity index (χ0) is 20.2. The van der Waals surface area contributed by atoms with E-state index in [-0.39, 0.29) is 5.91 Å². The first-order valence-corrected chi connectivity index (χ1v) is 10.6. The molecule has 0 N–H and O–H groups in total. The summed E-state index contributed by atoms with van der Waals surface area (Å²) in [6, 6.07) is 3.91. The summed E-state index contributed by atoms with van der Waals surface area (Å²) in [5.41, 5.74) is 3.06. The molecule has 2 aromatic rings. The molecule has 2 aliphatic heterocycles. The summed E-state index contributed by atoms with van der Waals surface area (Å²) in [7, 11) is 0. The van der Waals surface area contributed by atoms with Crippen molar-refractivity contribution in [3.8, 4) is 11.4 Å². The van der Waals surface area contributed by atoms with Crippen molar-refractivity contribution >= 4 is 11.7 Å². The van der Waals surface area contributed by atoms with Crippen LogP contribution < -0.4 is 4.90 Å². The second kappa shape index (κ2) is 8.86. The van der Waals surface area contributed by atoms with E-state index in [0.29, 0.717) is 6.54 Å². The SMILES string of the molecule is Cc1nc(-c2cccnc2)nc(N2CCCN(CC(=O)N3CCCC3)CC2)c1C. The van der Waals surface area contributed by atoms with E-state index in [0.717, 1.165) is 87.0 Å². The number of amides is 1. The number of pyridine rings is 1. The van der Waals surface area contributed by atoms with Crippen molar-refractivity contribution in [3.05, 3.63) is 35.8 Å². The van der Waals surface area contributed by atoms with Crippen molar-refractivity contribution in [2.24, 2.45) is 0 Å². The van der Waals surface area contributed by atoms with Gasteiger partial charge in [-0.3, -0.25) is 14.7 Å². The predicted octanol–water partition coefficient (Wildman–Crippen LogP) is 2.29. The standard InChI is InChI=1S/C22H30N6O/c1-17-18(2)24-21(19-7-5-8-23-15-19)25-22(17)28-12-6-9-26(13-14-28)16-20(29)27-10-3-4-11-27/h5,7-8,15H,3-4,6,9-14,16H2,1-2H3. The topological polar surface area (TPSA) is 65.5 Å². The van der Waals surface area contributed by atoms with Crippen LogP contribution in [0.5, 0.6) is 0 Å². The van der Waals surface area contributed by atoms with Crippen molar-refractivity contribution in [1.29, 1.82) is 0 Å². The second-order valence-corrected chi connectivity index (χ2v) is 8.03. The Morgan fingerprint density at radius 1 is 1.00 bits per heavy atom. The molecule has 0 spiro atoms. The molecule has 0 bridgehead atoms. The number of nitrogens with zero attached hydrogens (tertiary/aromatic N) is 6. The van der Waals surface area contributed by atoms with E-state index in [1.54, 1.807) is 6.20 Å². The molecular weight excluding hydrogens is 364 g/mol. The van der Waals surface area contributed by atoms with Crippen LogP contribution in [0.3, 0.4) is 0 Å². The van der Waals surface area contributed by atoms with Crippen molar-refractivity contribution in [1.82, 2.24) is 24.8 Å². The van der Waals surface area contributed by atoms with Crippen molar-refractivity contribution in [2.75, 3.05) is 50.7 Å². The molecule has 2 aromatic heterocycles. The van der Waals surface area contributed by atoms with Gasteiger partial charge in [0.25, 0.3) is 0 Å². The Balaban J connectivity index is 1.47. The lowest BCUT2D eigenvalue weighted by atomic mass is 10.2. The molecule has 0 radical (unpaired) electrons. The van der Waals surface area contributed by atoms with Gasteiger partial charge in [-0.05, 0) is 45.2 Å². The Labute approximate surface area is 172 Å². The highest BCUT2D eigenvalue weighted by Crippen LogP contribution is 2.25. The highest BCUT2D eigenvalue weighted by Gasteiger charge is 2.24. The van der Waals surface area contributed by atoms with Crippen LogP contribution in [0, 0.1) is 13.8 Å². The quantitative estimate of drug-likeness (QED) is 0.793. The number of carbonyl (C=O) groups excluding carboxylic acids is 1. The average molecular weight is 395 g/mol.